The van der Waals surface area contributed by atoms with Gasteiger partial charge in [-0.15, -0.1) is 0 Å². The van der Waals surface area contributed by atoms with Crippen molar-refractivity contribution in [1.29, 1.82) is 0 Å². The molecule has 0 radical (unpaired) electrons. The largest absolute Gasteiger partial charge is 0.495 e. The first-order valence-corrected chi connectivity index (χ1v) is 10.2. The molecule has 3 rings (SSSR count). The van der Waals surface area contributed by atoms with Gasteiger partial charge in [-0.2, -0.15) is 5.10 Å². The van der Waals surface area contributed by atoms with E-state index in [2.05, 4.69) is 25.1 Å². The van der Waals surface area contributed by atoms with Crippen LogP contribution in [-0.2, 0) is 10.0 Å². The van der Waals surface area contributed by atoms with Gasteiger partial charge in [-0.05, 0) is 31.2 Å². The van der Waals surface area contributed by atoms with Gasteiger partial charge in [-0.1, -0.05) is 11.6 Å². The molecule has 0 atom stereocenters. The second-order valence-electron chi connectivity index (χ2n) is 5.78. The van der Waals surface area contributed by atoms with Crippen molar-refractivity contribution in [3.8, 4) is 11.6 Å². The Morgan fingerprint density at radius 1 is 1.18 bits per heavy atom. The van der Waals surface area contributed by atoms with Crippen LogP contribution >= 0.6 is 11.6 Å². The molecule has 1 aromatic carbocycles. The number of benzene rings is 1. The Bertz CT molecular complexity index is 1070. The third-order valence-corrected chi connectivity index (χ3v) is 5.52. The number of rotatable bonds is 8. The van der Waals surface area contributed by atoms with Gasteiger partial charge in [-0.3, -0.25) is 0 Å². The molecule has 2 N–H and O–H groups in total. The fourth-order valence-corrected chi connectivity index (χ4v) is 3.77. The Morgan fingerprint density at radius 2 is 2.00 bits per heavy atom. The van der Waals surface area contributed by atoms with E-state index in [0.29, 0.717) is 23.9 Å². The summed E-state index contributed by atoms with van der Waals surface area (Å²) in [5.41, 5.74) is 0.876. The Hall–Kier alpha value is -2.69. The van der Waals surface area contributed by atoms with Crippen LogP contribution in [0.4, 0.5) is 5.82 Å². The average molecular weight is 423 g/mol. The highest BCUT2D eigenvalue weighted by Crippen LogP contribution is 2.26. The molecule has 2 heterocycles. The van der Waals surface area contributed by atoms with Crippen LogP contribution in [-0.4, -0.2) is 48.4 Å². The fourth-order valence-electron chi connectivity index (χ4n) is 2.39. The third-order valence-electron chi connectivity index (χ3n) is 3.77. The number of halogens is 1. The van der Waals surface area contributed by atoms with Gasteiger partial charge >= 0.3 is 0 Å². The van der Waals surface area contributed by atoms with Crippen LogP contribution in [0, 0.1) is 6.92 Å². The third kappa shape index (κ3) is 4.77. The van der Waals surface area contributed by atoms with Gasteiger partial charge in [0.05, 0.1) is 22.7 Å². The number of aromatic nitrogens is 4. The summed E-state index contributed by atoms with van der Waals surface area (Å²) >= 11 is 5.99. The molecule has 0 fully saturated rings. The Balaban J connectivity index is 1.57. The normalized spacial score (nSPS) is 11.4. The van der Waals surface area contributed by atoms with Crippen LogP contribution in [0.3, 0.4) is 0 Å². The minimum atomic E-state index is -3.69. The van der Waals surface area contributed by atoms with Crippen molar-refractivity contribution in [2.24, 2.45) is 0 Å². The van der Waals surface area contributed by atoms with E-state index >= 15 is 0 Å². The molecule has 3 aromatic rings. The van der Waals surface area contributed by atoms with Crippen LogP contribution in [0.5, 0.6) is 5.75 Å². The second-order valence-corrected chi connectivity index (χ2v) is 7.96. The number of hydrogen-bond acceptors (Lipinski definition) is 7. The molecule has 0 aliphatic rings. The summed E-state index contributed by atoms with van der Waals surface area (Å²) < 4.78 is 33.9. The molecule has 0 bridgehead atoms. The maximum atomic E-state index is 12.4. The summed E-state index contributed by atoms with van der Waals surface area (Å²) in [6.07, 6.45) is 3.22. The Morgan fingerprint density at radius 3 is 2.68 bits per heavy atom. The molecular weight excluding hydrogens is 404 g/mol. The van der Waals surface area contributed by atoms with E-state index in [-0.39, 0.29) is 16.5 Å². The van der Waals surface area contributed by atoms with Gasteiger partial charge in [0.1, 0.15) is 17.9 Å². The van der Waals surface area contributed by atoms with Crippen molar-refractivity contribution in [3.63, 3.8) is 0 Å². The maximum absolute atomic E-state index is 12.4. The van der Waals surface area contributed by atoms with Crippen molar-refractivity contribution < 1.29 is 13.2 Å². The summed E-state index contributed by atoms with van der Waals surface area (Å²) in [5.74, 6) is 1.58. The van der Waals surface area contributed by atoms with E-state index in [1.807, 2.05) is 13.0 Å². The van der Waals surface area contributed by atoms with E-state index in [1.54, 1.807) is 16.9 Å². The summed E-state index contributed by atoms with van der Waals surface area (Å²) in [7, 11) is -2.22. The van der Waals surface area contributed by atoms with Crippen LogP contribution in [0.15, 0.2) is 47.8 Å². The van der Waals surface area contributed by atoms with Gasteiger partial charge in [-0.25, -0.2) is 27.8 Å². The first-order valence-electron chi connectivity index (χ1n) is 8.31. The molecule has 11 heteroatoms. The molecule has 9 nitrogen and oxygen atoms in total. The van der Waals surface area contributed by atoms with Crippen molar-refractivity contribution in [2.45, 2.75) is 11.8 Å². The van der Waals surface area contributed by atoms with Crippen LogP contribution in [0.1, 0.15) is 5.69 Å². The molecule has 148 valence electrons. The lowest BCUT2D eigenvalue weighted by molar-refractivity contribution is 0.414. The number of aryl methyl sites for hydroxylation is 1. The quantitative estimate of drug-likeness (QED) is 0.534. The highest BCUT2D eigenvalue weighted by molar-refractivity contribution is 7.89. The van der Waals surface area contributed by atoms with Crippen LogP contribution in [0.2, 0.25) is 5.02 Å². The Kier molecular flexibility index (Phi) is 6.12. The van der Waals surface area contributed by atoms with Gasteiger partial charge in [0.15, 0.2) is 5.82 Å². The molecule has 0 amide bonds. The van der Waals surface area contributed by atoms with E-state index in [0.717, 1.165) is 5.69 Å². The van der Waals surface area contributed by atoms with Crippen molar-refractivity contribution >= 4 is 27.4 Å². The highest BCUT2D eigenvalue weighted by atomic mass is 35.5. The number of anilines is 1. The lowest BCUT2D eigenvalue weighted by Crippen LogP contribution is -2.29. The molecular formula is C17H19ClN6O3S. The molecule has 0 saturated carbocycles. The number of nitrogens with one attached hydrogen (secondary N) is 2. The fraction of sp³-hybridized carbons (Fsp3) is 0.235. The average Bonchev–Trinajstić information content (AvgIpc) is 3.12. The molecule has 0 unspecified atom stereocenters. The number of ether oxygens (including phenoxy) is 1. The minimum absolute atomic E-state index is 0.0664. The zero-order valence-electron chi connectivity index (χ0n) is 15.3. The second kappa shape index (κ2) is 8.55. The van der Waals surface area contributed by atoms with E-state index in [4.69, 9.17) is 16.3 Å². The first kappa shape index (κ1) is 20.1. The molecule has 0 saturated heterocycles. The number of methoxy groups -OCH3 is 1. The summed E-state index contributed by atoms with van der Waals surface area (Å²) in [6.45, 7) is 2.38. The lowest BCUT2D eigenvalue weighted by atomic mass is 10.3. The monoisotopic (exact) mass is 422 g/mol. The van der Waals surface area contributed by atoms with Crippen molar-refractivity contribution in [1.82, 2.24) is 24.5 Å². The predicted molar refractivity (Wildman–Crippen MR) is 106 cm³/mol. The summed E-state index contributed by atoms with van der Waals surface area (Å²) in [4.78, 5) is 8.36. The van der Waals surface area contributed by atoms with Crippen molar-refractivity contribution in [3.05, 3.63) is 53.6 Å². The standard InChI is InChI=1S/C17H19ClN6O3S/c1-12-5-8-24(23-12)17-10-16(20-11-21-17)19-6-7-22-28(25,26)13-3-4-15(27-2)14(18)9-13/h3-5,8-11,22H,6-7H2,1-2H3,(H,19,20,21). The number of hydrogen-bond donors (Lipinski definition) is 2. The molecule has 0 aliphatic carbocycles. The van der Waals surface area contributed by atoms with E-state index in [1.165, 1.54) is 31.6 Å². The zero-order valence-corrected chi connectivity index (χ0v) is 16.8. The highest BCUT2D eigenvalue weighted by Gasteiger charge is 2.15. The maximum Gasteiger partial charge on any atom is 0.240 e. The van der Waals surface area contributed by atoms with Crippen LogP contribution in [0.25, 0.3) is 5.82 Å². The number of nitrogens with zero attached hydrogens (tertiary/aromatic N) is 4. The van der Waals surface area contributed by atoms with Gasteiger partial charge in [0.2, 0.25) is 10.0 Å². The predicted octanol–water partition coefficient (Wildman–Crippen LogP) is 2.02. The molecule has 28 heavy (non-hydrogen) atoms. The first-order chi connectivity index (χ1) is 13.4. The van der Waals surface area contributed by atoms with Gasteiger partial charge in [0, 0.05) is 25.4 Å². The van der Waals surface area contributed by atoms with Crippen molar-refractivity contribution in [2.75, 3.05) is 25.5 Å². The van der Waals surface area contributed by atoms with E-state index < -0.39 is 10.0 Å². The molecule has 0 spiro atoms. The molecule has 2 aromatic heterocycles. The number of sulfonamides is 1. The SMILES string of the molecule is COc1ccc(S(=O)(=O)NCCNc2cc(-n3ccc(C)n3)ncn2)cc1Cl. The lowest BCUT2D eigenvalue weighted by Gasteiger charge is -2.10. The Labute approximate surface area is 167 Å². The summed E-state index contributed by atoms with van der Waals surface area (Å²) in [6, 6.07) is 7.89. The minimum Gasteiger partial charge on any atom is -0.495 e. The smallest absolute Gasteiger partial charge is 0.240 e. The van der Waals surface area contributed by atoms with E-state index in [9.17, 15) is 8.42 Å². The zero-order chi connectivity index (χ0) is 20.1. The van der Waals surface area contributed by atoms with Gasteiger partial charge < -0.3 is 10.1 Å². The van der Waals surface area contributed by atoms with Gasteiger partial charge in [0.25, 0.3) is 0 Å². The summed E-state index contributed by atoms with van der Waals surface area (Å²) in [5, 5.41) is 7.57. The molecule has 0 aliphatic heterocycles. The topological polar surface area (TPSA) is 111 Å². The van der Waals surface area contributed by atoms with Crippen LogP contribution < -0.4 is 14.8 Å².